The van der Waals surface area contributed by atoms with Gasteiger partial charge in [-0.3, -0.25) is 0 Å². The molecule has 0 amide bonds. The van der Waals surface area contributed by atoms with Crippen molar-refractivity contribution in [2.75, 3.05) is 18.1 Å². The molecule has 4 heteroatoms. The van der Waals surface area contributed by atoms with Gasteiger partial charge in [0.25, 0.3) is 0 Å². The maximum absolute atomic E-state index is 8.82. The molecule has 3 rings (SSSR count). The molecule has 2 aliphatic heterocycles. The summed E-state index contributed by atoms with van der Waals surface area (Å²) in [6.45, 7) is 1.76. The lowest BCUT2D eigenvalue weighted by Crippen LogP contribution is -2.48. The second-order valence-electron chi connectivity index (χ2n) is 6.02. The second kappa shape index (κ2) is 6.83. The van der Waals surface area contributed by atoms with Crippen molar-refractivity contribution < 1.29 is 4.74 Å². The average Bonchev–Trinajstić information content (AvgIpc) is 2.54. The number of ether oxygens (including phenoxy) is 1. The number of hydrogen-bond acceptors (Lipinski definition) is 4. The molecule has 1 atom stereocenters. The lowest BCUT2D eigenvalue weighted by molar-refractivity contribution is -0.0933. The Morgan fingerprint density at radius 1 is 1.29 bits per heavy atom. The molecule has 2 heterocycles. The van der Waals surface area contributed by atoms with Gasteiger partial charge in [0.05, 0.1) is 17.2 Å². The molecule has 2 saturated heterocycles. The van der Waals surface area contributed by atoms with E-state index in [2.05, 4.69) is 23.1 Å². The van der Waals surface area contributed by atoms with Crippen LogP contribution in [0.1, 0.15) is 36.8 Å². The molecule has 1 N–H and O–H groups in total. The highest BCUT2D eigenvalue weighted by atomic mass is 32.2. The smallest absolute Gasteiger partial charge is 0.0991 e. The summed E-state index contributed by atoms with van der Waals surface area (Å²) in [5.74, 6) is 2.48. The Balaban J connectivity index is 1.53. The minimum Gasteiger partial charge on any atom is -0.375 e. The molecule has 112 valence electrons. The minimum absolute atomic E-state index is 0.145. The van der Waals surface area contributed by atoms with Crippen LogP contribution < -0.4 is 5.32 Å². The van der Waals surface area contributed by atoms with Crippen molar-refractivity contribution in [3.8, 4) is 6.07 Å². The number of nitrogens with one attached hydrogen (secondary N) is 1. The zero-order valence-electron chi connectivity index (χ0n) is 12.3. The van der Waals surface area contributed by atoms with Gasteiger partial charge in [-0.25, -0.2) is 0 Å². The normalized spacial score (nSPS) is 24.6. The van der Waals surface area contributed by atoms with E-state index >= 15 is 0 Å². The quantitative estimate of drug-likeness (QED) is 0.932. The van der Waals surface area contributed by atoms with E-state index in [1.165, 1.54) is 29.9 Å². The Bertz CT molecular complexity index is 497. The van der Waals surface area contributed by atoms with Gasteiger partial charge in [0, 0.05) is 19.2 Å². The van der Waals surface area contributed by atoms with Crippen molar-refractivity contribution in [1.82, 2.24) is 5.32 Å². The minimum atomic E-state index is 0.145. The maximum atomic E-state index is 8.82. The van der Waals surface area contributed by atoms with Crippen LogP contribution in [-0.2, 0) is 11.3 Å². The monoisotopic (exact) mass is 302 g/mol. The SMILES string of the molecule is N#Cc1ccc(CNC2CCOC3(CCSCC3)C2)cc1. The van der Waals surface area contributed by atoms with Crippen molar-refractivity contribution in [2.24, 2.45) is 0 Å². The molecule has 0 aliphatic carbocycles. The summed E-state index contributed by atoms with van der Waals surface area (Å²) < 4.78 is 6.13. The van der Waals surface area contributed by atoms with E-state index in [9.17, 15) is 0 Å². The van der Waals surface area contributed by atoms with Gasteiger partial charge in [-0.05, 0) is 54.9 Å². The lowest BCUT2D eigenvalue weighted by atomic mass is 9.85. The third-order valence-electron chi connectivity index (χ3n) is 4.57. The first-order chi connectivity index (χ1) is 10.3. The summed E-state index contributed by atoms with van der Waals surface area (Å²) in [7, 11) is 0. The van der Waals surface area contributed by atoms with E-state index in [-0.39, 0.29) is 5.60 Å². The molecule has 0 aromatic heterocycles. The van der Waals surface area contributed by atoms with Gasteiger partial charge < -0.3 is 10.1 Å². The molecule has 3 nitrogen and oxygen atoms in total. The first-order valence-corrected chi connectivity index (χ1v) is 8.89. The van der Waals surface area contributed by atoms with Gasteiger partial charge in [-0.1, -0.05) is 12.1 Å². The van der Waals surface area contributed by atoms with Gasteiger partial charge in [-0.15, -0.1) is 0 Å². The van der Waals surface area contributed by atoms with E-state index in [1.54, 1.807) is 0 Å². The second-order valence-corrected chi connectivity index (χ2v) is 7.25. The fraction of sp³-hybridized carbons (Fsp3) is 0.588. The predicted molar refractivity (Wildman–Crippen MR) is 86.3 cm³/mol. The van der Waals surface area contributed by atoms with E-state index < -0.39 is 0 Å². The van der Waals surface area contributed by atoms with E-state index in [0.29, 0.717) is 6.04 Å². The van der Waals surface area contributed by atoms with Gasteiger partial charge in [0.15, 0.2) is 0 Å². The number of nitriles is 1. The molecule has 1 unspecified atom stereocenters. The number of thioether (sulfide) groups is 1. The summed E-state index contributed by atoms with van der Waals surface area (Å²) in [6, 6.07) is 10.6. The van der Waals surface area contributed by atoms with Crippen LogP contribution in [0.5, 0.6) is 0 Å². The molecule has 2 fully saturated rings. The van der Waals surface area contributed by atoms with E-state index in [0.717, 1.165) is 31.6 Å². The Morgan fingerprint density at radius 2 is 2.05 bits per heavy atom. The summed E-state index contributed by atoms with van der Waals surface area (Å²) in [6.07, 6.45) is 4.65. The van der Waals surface area contributed by atoms with Crippen molar-refractivity contribution in [3.63, 3.8) is 0 Å². The zero-order valence-corrected chi connectivity index (χ0v) is 13.1. The maximum Gasteiger partial charge on any atom is 0.0991 e. The lowest BCUT2D eigenvalue weighted by Gasteiger charge is -2.43. The van der Waals surface area contributed by atoms with Crippen molar-refractivity contribution in [1.29, 1.82) is 5.26 Å². The van der Waals surface area contributed by atoms with Gasteiger partial charge in [-0.2, -0.15) is 17.0 Å². The van der Waals surface area contributed by atoms with Crippen LogP contribution >= 0.6 is 11.8 Å². The van der Waals surface area contributed by atoms with E-state index in [4.69, 9.17) is 10.00 Å². The molecule has 1 aromatic carbocycles. The Hall–Kier alpha value is -1.02. The molecule has 21 heavy (non-hydrogen) atoms. The van der Waals surface area contributed by atoms with Crippen LogP contribution in [0.4, 0.5) is 0 Å². The summed E-state index contributed by atoms with van der Waals surface area (Å²) in [4.78, 5) is 0. The highest BCUT2D eigenvalue weighted by Crippen LogP contribution is 2.37. The highest BCUT2D eigenvalue weighted by Gasteiger charge is 2.38. The van der Waals surface area contributed by atoms with Crippen LogP contribution in [0, 0.1) is 11.3 Å². The number of nitrogens with zero attached hydrogens (tertiary/aromatic N) is 1. The van der Waals surface area contributed by atoms with Crippen molar-refractivity contribution in [2.45, 2.75) is 43.9 Å². The molecular weight excluding hydrogens is 280 g/mol. The van der Waals surface area contributed by atoms with Crippen LogP contribution in [0.3, 0.4) is 0 Å². The fourth-order valence-electron chi connectivity index (χ4n) is 3.25. The molecule has 0 radical (unpaired) electrons. The molecule has 1 spiro atoms. The first kappa shape index (κ1) is 14.9. The molecule has 2 aliphatic rings. The number of hydrogen-bond donors (Lipinski definition) is 1. The topological polar surface area (TPSA) is 45.0 Å². The Kier molecular flexibility index (Phi) is 4.84. The van der Waals surface area contributed by atoms with Crippen molar-refractivity contribution >= 4 is 11.8 Å². The van der Waals surface area contributed by atoms with Crippen LogP contribution in [0.25, 0.3) is 0 Å². The van der Waals surface area contributed by atoms with Crippen LogP contribution in [0.2, 0.25) is 0 Å². The Morgan fingerprint density at radius 3 is 2.76 bits per heavy atom. The van der Waals surface area contributed by atoms with Gasteiger partial charge >= 0.3 is 0 Å². The van der Waals surface area contributed by atoms with Crippen LogP contribution in [-0.4, -0.2) is 29.8 Å². The standard InChI is InChI=1S/C17H22N2OS/c18-12-14-1-3-15(4-2-14)13-19-16-5-8-20-17(11-16)6-9-21-10-7-17/h1-4,16,19H,5-11,13H2. The van der Waals surface area contributed by atoms with Crippen LogP contribution in [0.15, 0.2) is 24.3 Å². The summed E-state index contributed by atoms with van der Waals surface area (Å²) in [5.41, 5.74) is 2.11. The van der Waals surface area contributed by atoms with E-state index in [1.807, 2.05) is 24.3 Å². The highest BCUT2D eigenvalue weighted by molar-refractivity contribution is 7.99. The Labute approximate surface area is 131 Å². The van der Waals surface area contributed by atoms with Crippen molar-refractivity contribution in [3.05, 3.63) is 35.4 Å². The molecule has 1 aromatic rings. The predicted octanol–water partition coefficient (Wildman–Crippen LogP) is 3.09. The first-order valence-electron chi connectivity index (χ1n) is 7.74. The van der Waals surface area contributed by atoms with Gasteiger partial charge in [0.1, 0.15) is 0 Å². The third kappa shape index (κ3) is 3.79. The average molecular weight is 302 g/mol. The largest absolute Gasteiger partial charge is 0.375 e. The van der Waals surface area contributed by atoms with Gasteiger partial charge in [0.2, 0.25) is 0 Å². The molecule has 0 saturated carbocycles. The molecular formula is C17H22N2OS. The number of benzene rings is 1. The summed E-state index contributed by atoms with van der Waals surface area (Å²) >= 11 is 2.05. The third-order valence-corrected chi connectivity index (χ3v) is 5.56. The zero-order chi connectivity index (χ0) is 14.5. The fourth-order valence-corrected chi connectivity index (χ4v) is 4.49. The molecule has 0 bridgehead atoms. The summed E-state index contributed by atoms with van der Waals surface area (Å²) in [5, 5.41) is 12.5. The number of rotatable bonds is 3.